The Morgan fingerprint density at radius 1 is 1.38 bits per heavy atom. The number of hydrogen-bond acceptors (Lipinski definition) is 3. The molecule has 0 aromatic carbocycles. The van der Waals surface area contributed by atoms with E-state index in [1.807, 2.05) is 0 Å². The van der Waals surface area contributed by atoms with Gasteiger partial charge in [0.1, 0.15) is 11.6 Å². The normalized spacial score (nSPS) is 16.7. The van der Waals surface area contributed by atoms with Crippen LogP contribution in [0.15, 0.2) is 12.3 Å². The zero-order chi connectivity index (χ0) is 15.2. The average molecular weight is 293 g/mol. The van der Waals surface area contributed by atoms with E-state index >= 15 is 0 Å². The van der Waals surface area contributed by atoms with E-state index in [1.54, 1.807) is 6.07 Å². The van der Waals surface area contributed by atoms with Gasteiger partial charge in [0.05, 0.1) is 6.20 Å². The number of halogens is 1. The molecular formula is C17H28FN3. The number of nitrogens with one attached hydrogen (secondary N) is 1. The Hall–Kier alpha value is -1.16. The van der Waals surface area contributed by atoms with E-state index in [9.17, 15) is 4.39 Å². The van der Waals surface area contributed by atoms with Crippen molar-refractivity contribution in [3.63, 3.8) is 0 Å². The molecule has 0 radical (unpaired) electrons. The second kappa shape index (κ2) is 7.74. The molecule has 0 aliphatic carbocycles. The Morgan fingerprint density at radius 2 is 2.10 bits per heavy atom. The van der Waals surface area contributed by atoms with Gasteiger partial charge in [0.15, 0.2) is 0 Å². The van der Waals surface area contributed by atoms with Crippen LogP contribution in [0.2, 0.25) is 0 Å². The van der Waals surface area contributed by atoms with Crippen LogP contribution in [0.5, 0.6) is 0 Å². The Balaban J connectivity index is 2.05. The quantitative estimate of drug-likeness (QED) is 0.812. The molecule has 0 spiro atoms. The van der Waals surface area contributed by atoms with Gasteiger partial charge >= 0.3 is 0 Å². The van der Waals surface area contributed by atoms with Crippen molar-refractivity contribution < 1.29 is 4.39 Å². The largest absolute Gasteiger partial charge is 0.356 e. The van der Waals surface area contributed by atoms with E-state index in [0.29, 0.717) is 6.54 Å². The standard InChI is InChI=1S/C17H28FN3/c1-4-7-19-11-15-10-16(18)12-20-17(15)21-8-5-14(6-9-21)13(2)3/h10,12-14,19H,4-9,11H2,1-3H3. The van der Waals surface area contributed by atoms with Gasteiger partial charge in [-0.25, -0.2) is 9.37 Å². The van der Waals surface area contributed by atoms with E-state index in [0.717, 1.165) is 49.3 Å². The highest BCUT2D eigenvalue weighted by Gasteiger charge is 2.23. The fraction of sp³-hybridized carbons (Fsp3) is 0.706. The first kappa shape index (κ1) is 16.2. The molecule has 1 aliphatic rings. The zero-order valence-corrected chi connectivity index (χ0v) is 13.5. The fourth-order valence-corrected chi connectivity index (χ4v) is 3.07. The SMILES string of the molecule is CCCNCc1cc(F)cnc1N1CCC(C(C)C)CC1. The topological polar surface area (TPSA) is 28.2 Å². The highest BCUT2D eigenvalue weighted by molar-refractivity contribution is 5.47. The molecule has 1 aliphatic heterocycles. The van der Waals surface area contributed by atoms with Gasteiger partial charge in [0.25, 0.3) is 0 Å². The summed E-state index contributed by atoms with van der Waals surface area (Å²) in [5.41, 5.74) is 0.978. The number of piperidine rings is 1. The van der Waals surface area contributed by atoms with Crippen LogP contribution >= 0.6 is 0 Å². The van der Waals surface area contributed by atoms with Gasteiger partial charge in [-0.3, -0.25) is 0 Å². The third-order valence-corrected chi connectivity index (χ3v) is 4.43. The highest BCUT2D eigenvalue weighted by atomic mass is 19.1. The minimum atomic E-state index is -0.246. The van der Waals surface area contributed by atoms with Crippen LogP contribution in [-0.4, -0.2) is 24.6 Å². The molecule has 0 unspecified atom stereocenters. The molecule has 0 saturated carbocycles. The zero-order valence-electron chi connectivity index (χ0n) is 13.5. The van der Waals surface area contributed by atoms with Gasteiger partial charge in [-0.15, -0.1) is 0 Å². The molecule has 2 rings (SSSR count). The van der Waals surface area contributed by atoms with E-state index in [2.05, 4.69) is 36.0 Å². The Bertz CT molecular complexity index is 440. The highest BCUT2D eigenvalue weighted by Crippen LogP contribution is 2.28. The number of pyridine rings is 1. The predicted octanol–water partition coefficient (Wildman–Crippen LogP) is 3.59. The van der Waals surface area contributed by atoms with Crippen molar-refractivity contribution in [2.24, 2.45) is 11.8 Å². The van der Waals surface area contributed by atoms with Crippen molar-refractivity contribution in [3.05, 3.63) is 23.6 Å². The molecule has 1 aromatic heterocycles. The van der Waals surface area contributed by atoms with Crippen molar-refractivity contribution >= 4 is 5.82 Å². The lowest BCUT2D eigenvalue weighted by Gasteiger charge is -2.35. The van der Waals surface area contributed by atoms with Gasteiger partial charge in [-0.2, -0.15) is 0 Å². The Kier molecular flexibility index (Phi) is 5.97. The van der Waals surface area contributed by atoms with Crippen LogP contribution in [0.4, 0.5) is 10.2 Å². The van der Waals surface area contributed by atoms with Crippen LogP contribution in [-0.2, 0) is 6.54 Å². The molecular weight excluding hydrogens is 265 g/mol. The van der Waals surface area contributed by atoms with E-state index in [4.69, 9.17) is 0 Å². The predicted molar refractivity (Wildman–Crippen MR) is 86.0 cm³/mol. The summed E-state index contributed by atoms with van der Waals surface area (Å²) in [5, 5.41) is 3.35. The molecule has 0 bridgehead atoms. The number of anilines is 1. The molecule has 1 N–H and O–H groups in total. The smallest absolute Gasteiger partial charge is 0.141 e. The van der Waals surface area contributed by atoms with E-state index in [-0.39, 0.29) is 5.82 Å². The summed E-state index contributed by atoms with van der Waals surface area (Å²) >= 11 is 0. The van der Waals surface area contributed by atoms with Gasteiger partial charge < -0.3 is 10.2 Å². The molecule has 1 saturated heterocycles. The first-order valence-corrected chi connectivity index (χ1v) is 8.22. The fourth-order valence-electron chi connectivity index (χ4n) is 3.07. The Labute approximate surface area is 127 Å². The minimum Gasteiger partial charge on any atom is -0.356 e. The number of rotatable bonds is 6. The number of hydrogen-bond donors (Lipinski definition) is 1. The maximum absolute atomic E-state index is 13.5. The summed E-state index contributed by atoms with van der Waals surface area (Å²) < 4.78 is 13.5. The molecule has 2 heterocycles. The minimum absolute atomic E-state index is 0.246. The van der Waals surface area contributed by atoms with Gasteiger partial charge in [-0.05, 0) is 43.7 Å². The lowest BCUT2D eigenvalue weighted by Crippen LogP contribution is -2.36. The van der Waals surface area contributed by atoms with Crippen LogP contribution in [0.25, 0.3) is 0 Å². The average Bonchev–Trinajstić information content (AvgIpc) is 2.48. The maximum Gasteiger partial charge on any atom is 0.141 e. The molecule has 118 valence electrons. The van der Waals surface area contributed by atoms with Gasteiger partial charge in [0, 0.05) is 25.2 Å². The van der Waals surface area contributed by atoms with Crippen molar-refractivity contribution in [2.75, 3.05) is 24.5 Å². The number of nitrogens with zero attached hydrogens (tertiary/aromatic N) is 2. The van der Waals surface area contributed by atoms with Crippen LogP contribution in [0, 0.1) is 17.7 Å². The van der Waals surface area contributed by atoms with E-state index < -0.39 is 0 Å². The third-order valence-electron chi connectivity index (χ3n) is 4.43. The van der Waals surface area contributed by atoms with Crippen LogP contribution < -0.4 is 10.2 Å². The summed E-state index contributed by atoms with van der Waals surface area (Å²) in [6, 6.07) is 1.62. The van der Waals surface area contributed by atoms with Crippen molar-refractivity contribution in [1.82, 2.24) is 10.3 Å². The summed E-state index contributed by atoms with van der Waals surface area (Å²) in [6.45, 7) is 10.4. The number of aromatic nitrogens is 1. The molecule has 4 heteroatoms. The van der Waals surface area contributed by atoms with Crippen molar-refractivity contribution in [1.29, 1.82) is 0 Å². The second-order valence-corrected chi connectivity index (χ2v) is 6.38. The monoisotopic (exact) mass is 293 g/mol. The molecule has 21 heavy (non-hydrogen) atoms. The van der Waals surface area contributed by atoms with Gasteiger partial charge in [-0.1, -0.05) is 20.8 Å². The van der Waals surface area contributed by atoms with Crippen molar-refractivity contribution in [3.8, 4) is 0 Å². The first-order valence-electron chi connectivity index (χ1n) is 8.22. The molecule has 1 aromatic rings. The lowest BCUT2D eigenvalue weighted by atomic mass is 9.86. The summed E-state index contributed by atoms with van der Waals surface area (Å²) in [6.07, 6.45) is 4.84. The van der Waals surface area contributed by atoms with E-state index in [1.165, 1.54) is 19.0 Å². The first-order chi connectivity index (χ1) is 10.1. The maximum atomic E-state index is 13.5. The van der Waals surface area contributed by atoms with Gasteiger partial charge in [0.2, 0.25) is 0 Å². The Morgan fingerprint density at radius 3 is 2.71 bits per heavy atom. The summed E-state index contributed by atoms with van der Waals surface area (Å²) in [4.78, 5) is 6.68. The third kappa shape index (κ3) is 4.40. The van der Waals surface area contributed by atoms with Crippen LogP contribution in [0.3, 0.4) is 0 Å². The molecule has 3 nitrogen and oxygen atoms in total. The van der Waals surface area contributed by atoms with Crippen LogP contribution in [0.1, 0.15) is 45.6 Å². The summed E-state index contributed by atoms with van der Waals surface area (Å²) in [7, 11) is 0. The summed E-state index contributed by atoms with van der Waals surface area (Å²) in [5.74, 6) is 2.27. The van der Waals surface area contributed by atoms with Crippen molar-refractivity contribution in [2.45, 2.75) is 46.6 Å². The molecule has 0 amide bonds. The second-order valence-electron chi connectivity index (χ2n) is 6.38. The molecule has 1 fully saturated rings. The molecule has 0 atom stereocenters. The lowest BCUT2D eigenvalue weighted by molar-refractivity contribution is 0.310.